The second kappa shape index (κ2) is 6.92. The van der Waals surface area contributed by atoms with Crippen LogP contribution in [0.3, 0.4) is 0 Å². The molecule has 0 unspecified atom stereocenters. The number of carbonyl (C=O) groups excluding carboxylic acids is 2. The number of hydrogen-bond acceptors (Lipinski definition) is 5. The smallest absolute Gasteiger partial charge is 0.342 e. The molecular weight excluding hydrogens is 344 g/mol. The number of cyclic esters (lactones) is 1. The molecule has 1 fully saturated rings. The van der Waals surface area contributed by atoms with Gasteiger partial charge in [-0.3, -0.25) is 4.79 Å². The summed E-state index contributed by atoms with van der Waals surface area (Å²) in [5.41, 5.74) is -0.104. The fourth-order valence-corrected chi connectivity index (χ4v) is 3.39. The van der Waals surface area contributed by atoms with Crippen LogP contribution in [0.2, 0.25) is 5.02 Å². The maximum absolute atomic E-state index is 12.5. The molecule has 0 bridgehead atoms. The minimum atomic E-state index is -0.747. The van der Waals surface area contributed by atoms with Gasteiger partial charge in [0.2, 0.25) is 0 Å². The van der Waals surface area contributed by atoms with Crippen molar-refractivity contribution in [3.8, 4) is 11.5 Å². The highest BCUT2D eigenvalue weighted by Gasteiger charge is 2.36. The molecule has 0 radical (unpaired) electrons. The minimum Gasteiger partial charge on any atom is -0.507 e. The van der Waals surface area contributed by atoms with E-state index in [0.717, 1.165) is 18.9 Å². The van der Waals surface area contributed by atoms with Gasteiger partial charge < -0.3 is 14.9 Å². The first kappa shape index (κ1) is 17.5. The SMILES string of the molecule is C[C@H]1C[C@H]2C[C@@H]2/C=C/C=C/C(=O)Cc2c(Cl)c(O)cc(O)c2C(=O)O1. The first-order valence-electron chi connectivity index (χ1n) is 8.18. The summed E-state index contributed by atoms with van der Waals surface area (Å²) in [6.45, 7) is 1.80. The number of ether oxygens (including phenoxy) is 1. The third-order valence-electron chi connectivity index (χ3n) is 4.55. The zero-order valence-electron chi connectivity index (χ0n) is 13.7. The van der Waals surface area contributed by atoms with Crippen LogP contribution >= 0.6 is 11.6 Å². The van der Waals surface area contributed by atoms with Crippen LogP contribution in [0, 0.1) is 11.8 Å². The summed E-state index contributed by atoms with van der Waals surface area (Å²) in [6.07, 6.45) is 8.13. The summed E-state index contributed by atoms with van der Waals surface area (Å²) >= 11 is 6.07. The number of phenols is 2. The maximum atomic E-state index is 12.5. The third-order valence-corrected chi connectivity index (χ3v) is 4.97. The Balaban J connectivity index is 2.01. The van der Waals surface area contributed by atoms with E-state index in [-0.39, 0.29) is 34.5 Å². The van der Waals surface area contributed by atoms with Crippen molar-refractivity contribution in [2.45, 2.75) is 32.3 Å². The number of rotatable bonds is 0. The van der Waals surface area contributed by atoms with Crippen molar-refractivity contribution in [1.29, 1.82) is 0 Å². The van der Waals surface area contributed by atoms with Crippen molar-refractivity contribution in [1.82, 2.24) is 0 Å². The van der Waals surface area contributed by atoms with Gasteiger partial charge in [0.15, 0.2) is 5.78 Å². The zero-order chi connectivity index (χ0) is 18.1. The summed E-state index contributed by atoms with van der Waals surface area (Å²) in [4.78, 5) is 24.7. The molecule has 6 heteroatoms. The Morgan fingerprint density at radius 3 is 2.68 bits per heavy atom. The summed E-state index contributed by atoms with van der Waals surface area (Å²) in [5.74, 6) is -1.01. The van der Waals surface area contributed by atoms with Gasteiger partial charge in [-0.05, 0) is 37.7 Å². The molecule has 1 aliphatic carbocycles. The number of aromatic hydroxyl groups is 2. The molecule has 3 atom stereocenters. The van der Waals surface area contributed by atoms with Gasteiger partial charge in [-0.2, -0.15) is 0 Å². The topological polar surface area (TPSA) is 83.8 Å². The molecule has 1 heterocycles. The Bertz CT molecular complexity index is 781. The van der Waals surface area contributed by atoms with Gasteiger partial charge >= 0.3 is 5.97 Å². The number of hydrogen-bond donors (Lipinski definition) is 2. The summed E-state index contributed by atoms with van der Waals surface area (Å²) in [6, 6.07) is 0.982. The molecule has 132 valence electrons. The molecule has 3 rings (SSSR count). The lowest BCUT2D eigenvalue weighted by Gasteiger charge is -2.17. The van der Waals surface area contributed by atoms with Crippen LogP contribution in [-0.2, 0) is 16.0 Å². The Labute approximate surface area is 150 Å². The van der Waals surface area contributed by atoms with E-state index in [2.05, 4.69) is 0 Å². The summed E-state index contributed by atoms with van der Waals surface area (Å²) in [7, 11) is 0. The molecule has 1 saturated carbocycles. The quantitative estimate of drug-likeness (QED) is 0.689. The van der Waals surface area contributed by atoms with Crippen molar-refractivity contribution >= 4 is 23.4 Å². The monoisotopic (exact) mass is 362 g/mol. The lowest BCUT2D eigenvalue weighted by atomic mass is 10.00. The Morgan fingerprint density at radius 2 is 1.92 bits per heavy atom. The second-order valence-electron chi connectivity index (χ2n) is 6.58. The van der Waals surface area contributed by atoms with E-state index in [1.807, 2.05) is 12.2 Å². The molecule has 0 saturated heterocycles. The van der Waals surface area contributed by atoms with Gasteiger partial charge in [0.1, 0.15) is 17.1 Å². The molecule has 2 N–H and O–H groups in total. The van der Waals surface area contributed by atoms with E-state index in [1.165, 1.54) is 6.08 Å². The van der Waals surface area contributed by atoms with E-state index in [0.29, 0.717) is 11.8 Å². The first-order valence-corrected chi connectivity index (χ1v) is 8.56. The second-order valence-corrected chi connectivity index (χ2v) is 6.96. The van der Waals surface area contributed by atoms with Crippen LogP contribution in [0.15, 0.2) is 30.4 Å². The van der Waals surface area contributed by atoms with E-state index >= 15 is 0 Å². The normalized spacial score (nSPS) is 29.0. The molecule has 2 aliphatic rings. The van der Waals surface area contributed by atoms with Gasteiger partial charge in [0.25, 0.3) is 0 Å². The number of halogens is 1. The fourth-order valence-electron chi connectivity index (χ4n) is 3.17. The number of fused-ring (bicyclic) bond motifs is 2. The van der Waals surface area contributed by atoms with E-state index in [1.54, 1.807) is 13.0 Å². The van der Waals surface area contributed by atoms with Crippen LogP contribution in [0.5, 0.6) is 11.5 Å². The highest BCUT2D eigenvalue weighted by molar-refractivity contribution is 6.33. The number of benzene rings is 1. The van der Waals surface area contributed by atoms with Crippen LogP contribution < -0.4 is 0 Å². The average molecular weight is 363 g/mol. The Morgan fingerprint density at radius 1 is 1.16 bits per heavy atom. The van der Waals surface area contributed by atoms with Crippen molar-refractivity contribution in [3.63, 3.8) is 0 Å². The van der Waals surface area contributed by atoms with Crippen LogP contribution in [-0.4, -0.2) is 28.1 Å². The van der Waals surface area contributed by atoms with Gasteiger partial charge in [0, 0.05) is 18.1 Å². The average Bonchev–Trinajstić information content (AvgIpc) is 3.25. The molecule has 5 nitrogen and oxygen atoms in total. The Kier molecular flexibility index (Phi) is 4.86. The molecule has 25 heavy (non-hydrogen) atoms. The predicted octanol–water partition coefficient (Wildman–Crippen LogP) is 3.56. The molecule has 1 aromatic rings. The molecule has 1 aromatic carbocycles. The van der Waals surface area contributed by atoms with Gasteiger partial charge in [-0.25, -0.2) is 4.79 Å². The number of phenolic OH excluding ortho intramolecular Hbond substituents is 2. The number of allylic oxidation sites excluding steroid dienone is 4. The molecule has 0 spiro atoms. The van der Waals surface area contributed by atoms with Gasteiger partial charge in [-0.15, -0.1) is 0 Å². The summed E-state index contributed by atoms with van der Waals surface area (Å²) in [5, 5.41) is 19.8. The van der Waals surface area contributed by atoms with Crippen LogP contribution in [0.25, 0.3) is 0 Å². The van der Waals surface area contributed by atoms with Gasteiger partial charge in [-0.1, -0.05) is 29.8 Å². The number of ketones is 1. The van der Waals surface area contributed by atoms with Crippen molar-refractivity contribution in [2.24, 2.45) is 11.8 Å². The highest BCUT2D eigenvalue weighted by Crippen LogP contribution is 2.44. The maximum Gasteiger partial charge on any atom is 0.342 e. The first-order chi connectivity index (χ1) is 11.9. The lowest BCUT2D eigenvalue weighted by molar-refractivity contribution is -0.114. The number of carbonyl (C=O) groups is 2. The van der Waals surface area contributed by atoms with E-state index in [4.69, 9.17) is 16.3 Å². The highest BCUT2D eigenvalue weighted by atomic mass is 35.5. The van der Waals surface area contributed by atoms with Crippen molar-refractivity contribution < 1.29 is 24.5 Å². The zero-order valence-corrected chi connectivity index (χ0v) is 14.5. The van der Waals surface area contributed by atoms with Crippen molar-refractivity contribution in [3.05, 3.63) is 46.5 Å². The largest absolute Gasteiger partial charge is 0.507 e. The molecule has 0 amide bonds. The van der Waals surface area contributed by atoms with Gasteiger partial charge in [0.05, 0.1) is 11.1 Å². The standard InChI is InChI=1S/C19H19ClO5/c1-10-6-12-7-11(12)4-2-3-5-13(21)8-14-17(19(24)25-10)15(22)9-16(23)18(14)20/h2-5,9-12,22-23H,6-8H2,1H3/b4-2+,5-3+/t10-,11-,12-/m0/s1. The van der Waals surface area contributed by atoms with Crippen LogP contribution in [0.1, 0.15) is 35.7 Å². The predicted molar refractivity (Wildman–Crippen MR) is 92.9 cm³/mol. The minimum absolute atomic E-state index is 0.0661. The van der Waals surface area contributed by atoms with Crippen LogP contribution in [0.4, 0.5) is 0 Å². The molecular formula is C19H19ClO5. The van der Waals surface area contributed by atoms with E-state index < -0.39 is 17.5 Å². The lowest BCUT2D eigenvalue weighted by Crippen LogP contribution is -2.18. The summed E-state index contributed by atoms with van der Waals surface area (Å²) < 4.78 is 5.44. The van der Waals surface area contributed by atoms with Crippen molar-refractivity contribution in [2.75, 3.05) is 0 Å². The Hall–Kier alpha value is -2.27. The third kappa shape index (κ3) is 3.87. The molecule has 1 aliphatic heterocycles. The van der Waals surface area contributed by atoms with E-state index in [9.17, 15) is 19.8 Å². The molecule has 0 aromatic heterocycles. The fraction of sp³-hybridized carbons (Fsp3) is 0.368. The number of esters is 1.